The van der Waals surface area contributed by atoms with Crippen molar-refractivity contribution in [2.75, 3.05) is 48.8 Å². The van der Waals surface area contributed by atoms with E-state index in [1.807, 2.05) is 6.92 Å². The second kappa shape index (κ2) is 12.2. The molecule has 0 saturated carbocycles. The molecule has 3 amide bonds. The zero-order chi connectivity index (χ0) is 26.3. The van der Waals surface area contributed by atoms with Crippen LogP contribution in [0.4, 0.5) is 35.3 Å². The Morgan fingerprint density at radius 1 is 1.33 bits per heavy atom. The highest BCUT2D eigenvalue weighted by atomic mass is 32.1. The lowest BCUT2D eigenvalue weighted by Crippen LogP contribution is -2.60. The van der Waals surface area contributed by atoms with E-state index in [9.17, 15) is 18.4 Å². The highest BCUT2D eigenvalue weighted by molar-refractivity contribution is 7.15. The maximum absolute atomic E-state index is 14.6. The third-order valence-corrected chi connectivity index (χ3v) is 6.75. The Balaban J connectivity index is 0.000000444. The van der Waals surface area contributed by atoms with Crippen LogP contribution in [0.5, 0.6) is 0 Å². The number of carbonyl (C=O) groups is 2. The van der Waals surface area contributed by atoms with Gasteiger partial charge in [-0.25, -0.2) is 28.3 Å². The monoisotopic (exact) mass is 526 g/mol. The third-order valence-electron chi connectivity index (χ3n) is 5.92. The van der Waals surface area contributed by atoms with Gasteiger partial charge >= 0.3 is 12.1 Å². The number of carboxylic acid groups (broad SMARTS) is 1. The molecule has 4 rings (SSSR count). The van der Waals surface area contributed by atoms with Gasteiger partial charge in [0, 0.05) is 43.8 Å². The minimum absolute atomic E-state index is 0.0293. The molecule has 198 valence electrons. The molecule has 14 heteroatoms. The number of hydrogen-bond donors (Lipinski definition) is 4. The fourth-order valence-corrected chi connectivity index (χ4v) is 4.57. The van der Waals surface area contributed by atoms with Crippen LogP contribution in [0.25, 0.3) is 0 Å². The number of alkyl halides is 2. The predicted molar refractivity (Wildman–Crippen MR) is 134 cm³/mol. The number of carbonyl (C=O) groups excluding carboxylic acids is 1. The van der Waals surface area contributed by atoms with Gasteiger partial charge in [0.1, 0.15) is 11.9 Å². The highest BCUT2D eigenvalue weighted by Crippen LogP contribution is 2.33. The summed E-state index contributed by atoms with van der Waals surface area (Å²) in [6.45, 7) is 6.33. The Kier molecular flexibility index (Phi) is 9.31. The summed E-state index contributed by atoms with van der Waals surface area (Å²) in [5, 5.41) is 17.1. The summed E-state index contributed by atoms with van der Waals surface area (Å²) in [6, 6.07) is -0.784. The Labute approximate surface area is 212 Å². The first-order valence-corrected chi connectivity index (χ1v) is 12.5. The number of amides is 3. The van der Waals surface area contributed by atoms with Crippen LogP contribution in [0.1, 0.15) is 31.1 Å². The molecular formula is C22H32F2N8O3S. The quantitative estimate of drug-likeness (QED) is 0.473. The van der Waals surface area contributed by atoms with E-state index in [1.54, 1.807) is 6.20 Å². The molecule has 11 nitrogen and oxygen atoms in total. The van der Waals surface area contributed by atoms with Crippen molar-refractivity contribution >= 4 is 40.4 Å². The number of rotatable bonds is 4. The van der Waals surface area contributed by atoms with Crippen molar-refractivity contribution in [2.24, 2.45) is 5.92 Å². The van der Waals surface area contributed by atoms with Crippen LogP contribution in [0.3, 0.4) is 0 Å². The molecule has 0 aliphatic carbocycles. The Morgan fingerprint density at radius 2 is 2.11 bits per heavy atom. The van der Waals surface area contributed by atoms with Gasteiger partial charge in [-0.2, -0.15) is 4.98 Å². The van der Waals surface area contributed by atoms with Crippen molar-refractivity contribution in [1.29, 1.82) is 0 Å². The number of likely N-dealkylation sites (N-methyl/N-ethyl adjacent to an activating group) is 1. The Morgan fingerprint density at radius 3 is 2.69 bits per heavy atom. The number of hydrogen-bond acceptors (Lipinski definition) is 8. The summed E-state index contributed by atoms with van der Waals surface area (Å²) in [6.07, 6.45) is 3.90. The number of piperidine rings is 2. The molecule has 0 spiro atoms. The van der Waals surface area contributed by atoms with Gasteiger partial charge in [0.05, 0.1) is 0 Å². The van der Waals surface area contributed by atoms with E-state index < -0.39 is 30.5 Å². The molecule has 2 aliphatic rings. The Bertz CT molecular complexity index is 1030. The SMILES string of the molecule is CC1CCCNC1.Cc1cnc(NC(=O)N(C)C2CN(c3nccc(NC(=O)O)n3)CCC2(F)F)s1. The number of nitrogens with zero attached hydrogens (tertiary/aromatic N) is 5. The fourth-order valence-electron chi connectivity index (χ4n) is 3.91. The van der Waals surface area contributed by atoms with Crippen molar-refractivity contribution in [3.05, 3.63) is 23.3 Å². The van der Waals surface area contributed by atoms with E-state index in [0.717, 1.165) is 15.7 Å². The lowest BCUT2D eigenvalue weighted by molar-refractivity contribution is -0.0760. The summed E-state index contributed by atoms with van der Waals surface area (Å²) in [5.74, 6) is -2.06. The average molecular weight is 527 g/mol. The molecule has 2 aromatic rings. The second-order valence-corrected chi connectivity index (χ2v) is 10.1. The minimum Gasteiger partial charge on any atom is -0.465 e. The van der Waals surface area contributed by atoms with Crippen LogP contribution in [0.2, 0.25) is 0 Å². The first-order valence-electron chi connectivity index (χ1n) is 11.7. The van der Waals surface area contributed by atoms with Crippen LogP contribution in [-0.2, 0) is 0 Å². The topological polar surface area (TPSA) is 136 Å². The van der Waals surface area contributed by atoms with E-state index in [4.69, 9.17) is 5.11 Å². The van der Waals surface area contributed by atoms with Gasteiger partial charge in [-0.1, -0.05) is 6.92 Å². The molecule has 0 bridgehead atoms. The standard InChI is InChI=1S/C16H19F2N7O3S.C6H13N/c1-9-7-20-13(29-9)23-14(26)24(2)10-8-25(6-4-16(10,17)18)12-19-5-3-11(21-12)22-15(27)28;1-6-3-2-4-7-5-6/h3,5,7,10H,4,6,8H2,1-2H3,(H,27,28)(H,19,21,22)(H,20,23,26);6-7H,2-5H2,1H3. The van der Waals surface area contributed by atoms with E-state index in [1.165, 1.54) is 61.5 Å². The molecule has 0 aromatic carbocycles. The van der Waals surface area contributed by atoms with Crippen molar-refractivity contribution < 1.29 is 23.5 Å². The first-order chi connectivity index (χ1) is 17.0. The van der Waals surface area contributed by atoms with Crippen molar-refractivity contribution in [3.63, 3.8) is 0 Å². The fraction of sp³-hybridized carbons (Fsp3) is 0.591. The summed E-state index contributed by atoms with van der Waals surface area (Å²) in [7, 11) is 1.29. The molecule has 2 unspecified atom stereocenters. The zero-order valence-corrected chi connectivity index (χ0v) is 21.3. The lowest BCUT2D eigenvalue weighted by Gasteiger charge is -2.42. The normalized spacial score (nSPS) is 21.1. The van der Waals surface area contributed by atoms with Crippen LogP contribution in [-0.4, -0.2) is 82.3 Å². The molecule has 2 fully saturated rings. The summed E-state index contributed by atoms with van der Waals surface area (Å²) in [4.78, 5) is 38.6. The van der Waals surface area contributed by atoms with Crippen LogP contribution >= 0.6 is 11.3 Å². The van der Waals surface area contributed by atoms with Gasteiger partial charge in [0.25, 0.3) is 5.92 Å². The molecule has 2 atom stereocenters. The molecule has 36 heavy (non-hydrogen) atoms. The van der Waals surface area contributed by atoms with Gasteiger partial charge in [0.15, 0.2) is 5.13 Å². The van der Waals surface area contributed by atoms with Crippen LogP contribution in [0, 0.1) is 12.8 Å². The summed E-state index contributed by atoms with van der Waals surface area (Å²) in [5.41, 5.74) is 0. The number of halogens is 2. The number of nitrogens with one attached hydrogen (secondary N) is 3. The number of aromatic nitrogens is 3. The molecule has 2 aromatic heterocycles. The van der Waals surface area contributed by atoms with Gasteiger partial charge < -0.3 is 20.2 Å². The molecule has 0 radical (unpaired) electrons. The van der Waals surface area contributed by atoms with Crippen LogP contribution in [0.15, 0.2) is 18.5 Å². The largest absolute Gasteiger partial charge is 0.465 e. The lowest BCUT2D eigenvalue weighted by atomic mass is 10.00. The Hall–Kier alpha value is -3.13. The zero-order valence-electron chi connectivity index (χ0n) is 20.5. The van der Waals surface area contributed by atoms with Gasteiger partial charge in [0.2, 0.25) is 5.95 Å². The van der Waals surface area contributed by atoms with Crippen molar-refractivity contribution in [2.45, 2.75) is 45.1 Å². The smallest absolute Gasteiger partial charge is 0.410 e. The minimum atomic E-state index is -3.11. The van der Waals surface area contributed by atoms with E-state index >= 15 is 0 Å². The molecule has 4 N–H and O–H groups in total. The number of thiazole rings is 1. The maximum Gasteiger partial charge on any atom is 0.410 e. The van der Waals surface area contributed by atoms with E-state index in [2.05, 4.69) is 37.8 Å². The van der Waals surface area contributed by atoms with E-state index in [-0.39, 0.29) is 24.9 Å². The molecule has 4 heterocycles. The molecule has 2 aliphatic heterocycles. The molecular weight excluding hydrogens is 494 g/mol. The highest BCUT2D eigenvalue weighted by Gasteiger charge is 2.48. The first kappa shape index (κ1) is 27.5. The van der Waals surface area contributed by atoms with Crippen LogP contribution < -0.4 is 20.9 Å². The van der Waals surface area contributed by atoms with Gasteiger partial charge in [-0.05, 0) is 44.8 Å². The van der Waals surface area contributed by atoms with Crippen molar-refractivity contribution in [3.8, 4) is 0 Å². The number of urea groups is 1. The van der Waals surface area contributed by atoms with E-state index in [0.29, 0.717) is 5.13 Å². The second-order valence-electron chi connectivity index (χ2n) is 8.91. The maximum atomic E-state index is 14.6. The van der Waals surface area contributed by atoms with Gasteiger partial charge in [-0.3, -0.25) is 10.6 Å². The molecule has 2 saturated heterocycles. The third kappa shape index (κ3) is 7.68. The van der Waals surface area contributed by atoms with Crippen molar-refractivity contribution in [1.82, 2.24) is 25.2 Å². The van der Waals surface area contributed by atoms with Gasteiger partial charge in [-0.15, -0.1) is 11.3 Å². The summed E-state index contributed by atoms with van der Waals surface area (Å²) >= 11 is 1.24. The number of anilines is 3. The predicted octanol–water partition coefficient (Wildman–Crippen LogP) is 3.72. The average Bonchev–Trinajstić information content (AvgIpc) is 3.23. The number of aryl methyl sites for hydroxylation is 1. The summed E-state index contributed by atoms with van der Waals surface area (Å²) < 4.78 is 29.1.